The maximum absolute atomic E-state index is 11.5. The molecule has 0 radical (unpaired) electrons. The van der Waals surface area contributed by atoms with Crippen LogP contribution in [-0.4, -0.2) is 21.1 Å². The number of ketones is 1. The largest absolute Gasteiger partial charge is 0.302 e. The van der Waals surface area contributed by atoms with Gasteiger partial charge in [-0.3, -0.25) is 4.79 Å². The van der Waals surface area contributed by atoms with E-state index in [1.165, 1.54) is 0 Å². The Morgan fingerprint density at radius 2 is 1.79 bits per heavy atom. The first-order valence-corrected chi connectivity index (χ1v) is 6.34. The number of allylic oxidation sites excluding steroid dienone is 2. The molecule has 0 aromatic heterocycles. The summed E-state index contributed by atoms with van der Waals surface area (Å²) in [6.45, 7) is 0. The fourth-order valence-electron chi connectivity index (χ4n) is 0.968. The van der Waals surface area contributed by atoms with Gasteiger partial charge in [0.1, 0.15) is 11.5 Å². The maximum Gasteiger partial charge on any atom is 0.250 e. The molecule has 1 unspecified atom stereocenters. The van der Waals surface area contributed by atoms with Gasteiger partial charge in [0.25, 0.3) is 0 Å². The molecule has 1 aliphatic rings. The number of carbonyl (C=O) groups is 2. The summed E-state index contributed by atoms with van der Waals surface area (Å²) in [7, 11) is -0.944. The van der Waals surface area contributed by atoms with Crippen molar-refractivity contribution >= 4 is 57.8 Å². The number of rotatable bonds is 3. The molecular weight excluding hydrogens is 267 g/mol. The SMILES string of the molecule is O=CC(C(=O)C(Cl)(Cl)Cl)[SH]1C=CC=C1. The van der Waals surface area contributed by atoms with Crippen molar-refractivity contribution in [3.05, 3.63) is 23.0 Å². The lowest BCUT2D eigenvalue weighted by Crippen LogP contribution is -2.32. The maximum atomic E-state index is 11.5. The highest BCUT2D eigenvalue weighted by atomic mass is 35.6. The van der Waals surface area contributed by atoms with Crippen LogP contribution in [0, 0.1) is 0 Å². The van der Waals surface area contributed by atoms with Gasteiger partial charge in [0.05, 0.1) is 0 Å². The number of thiol groups is 1. The van der Waals surface area contributed by atoms with Gasteiger partial charge in [-0.25, -0.2) is 0 Å². The second kappa shape index (κ2) is 4.71. The van der Waals surface area contributed by atoms with Gasteiger partial charge >= 0.3 is 0 Å². The molecular formula is C8H7Cl3O2S. The molecule has 0 amide bonds. The number of aldehydes is 1. The molecule has 0 saturated carbocycles. The highest BCUT2D eigenvalue weighted by molar-refractivity contribution is 8.23. The summed E-state index contributed by atoms with van der Waals surface area (Å²) in [4.78, 5) is 22.2. The Morgan fingerprint density at radius 1 is 1.29 bits per heavy atom. The summed E-state index contributed by atoms with van der Waals surface area (Å²) in [5.41, 5.74) is 0. The Labute approximate surface area is 99.2 Å². The molecule has 1 aliphatic heterocycles. The average molecular weight is 274 g/mol. The van der Waals surface area contributed by atoms with E-state index in [9.17, 15) is 9.59 Å². The zero-order valence-electron chi connectivity index (χ0n) is 6.86. The molecule has 0 spiro atoms. The lowest BCUT2D eigenvalue weighted by molar-refractivity contribution is -0.120. The minimum atomic E-state index is -2.02. The van der Waals surface area contributed by atoms with E-state index < -0.39 is 25.7 Å². The molecule has 0 N–H and O–H groups in total. The molecule has 2 nitrogen and oxygen atoms in total. The zero-order valence-corrected chi connectivity index (χ0v) is 10.0. The van der Waals surface area contributed by atoms with Gasteiger partial charge in [0, 0.05) is 0 Å². The normalized spacial score (nSPS) is 19.8. The second-order valence-corrected chi connectivity index (χ2v) is 6.90. The van der Waals surface area contributed by atoms with Crippen LogP contribution in [0.15, 0.2) is 23.0 Å². The number of Topliss-reactive ketones (excluding diaryl/α,β-unsaturated/α-hetero) is 1. The van der Waals surface area contributed by atoms with Gasteiger partial charge < -0.3 is 4.79 Å². The quantitative estimate of drug-likeness (QED) is 0.371. The van der Waals surface area contributed by atoms with Crippen molar-refractivity contribution in [1.82, 2.24) is 0 Å². The van der Waals surface area contributed by atoms with Crippen LogP contribution in [0.2, 0.25) is 0 Å². The summed E-state index contributed by atoms with van der Waals surface area (Å²) in [6.07, 6.45) is 4.08. The van der Waals surface area contributed by atoms with Crippen molar-refractivity contribution in [1.29, 1.82) is 0 Å². The van der Waals surface area contributed by atoms with Crippen molar-refractivity contribution in [3.63, 3.8) is 0 Å². The minimum absolute atomic E-state index is 0.538. The van der Waals surface area contributed by atoms with Gasteiger partial charge in [-0.15, -0.1) is 0 Å². The predicted octanol–water partition coefficient (Wildman–Crippen LogP) is 2.54. The molecule has 78 valence electrons. The molecule has 0 aromatic carbocycles. The third-order valence-electron chi connectivity index (χ3n) is 1.63. The number of hydrogen-bond acceptors (Lipinski definition) is 2. The van der Waals surface area contributed by atoms with Crippen molar-refractivity contribution in [3.8, 4) is 0 Å². The topological polar surface area (TPSA) is 34.1 Å². The number of carbonyl (C=O) groups excluding carboxylic acids is 2. The lowest BCUT2D eigenvalue weighted by Gasteiger charge is -2.20. The van der Waals surface area contributed by atoms with Crippen LogP contribution in [0.5, 0.6) is 0 Å². The van der Waals surface area contributed by atoms with Crippen LogP contribution in [0.1, 0.15) is 0 Å². The molecule has 0 bridgehead atoms. The molecule has 14 heavy (non-hydrogen) atoms. The molecule has 6 heteroatoms. The van der Waals surface area contributed by atoms with Crippen LogP contribution < -0.4 is 0 Å². The first kappa shape index (κ1) is 12.1. The fraction of sp³-hybridized carbons (Fsp3) is 0.250. The van der Waals surface area contributed by atoms with Crippen LogP contribution in [0.25, 0.3) is 0 Å². The third kappa shape index (κ3) is 2.76. The molecule has 0 aliphatic carbocycles. The summed E-state index contributed by atoms with van der Waals surface area (Å²) in [6, 6.07) is 0. The summed E-state index contributed by atoms with van der Waals surface area (Å²) < 4.78 is -2.02. The summed E-state index contributed by atoms with van der Waals surface area (Å²) >= 11 is 16.3. The average Bonchev–Trinajstić information content (AvgIpc) is 2.57. The standard InChI is InChI=1S/C8H7Cl3O2S/c9-8(10,11)7(13)6(5-12)14-3-1-2-4-14/h1-6,14H. The van der Waals surface area contributed by atoms with Gasteiger partial charge in [-0.05, 0) is 10.8 Å². The van der Waals surface area contributed by atoms with E-state index in [2.05, 4.69) is 0 Å². The zero-order chi connectivity index (χ0) is 10.8. The van der Waals surface area contributed by atoms with Crippen LogP contribution in [0.4, 0.5) is 0 Å². The third-order valence-corrected chi connectivity index (χ3v) is 4.22. The van der Waals surface area contributed by atoms with Gasteiger partial charge in [0.2, 0.25) is 9.58 Å². The van der Waals surface area contributed by atoms with Crippen LogP contribution in [-0.2, 0) is 9.59 Å². The number of hydrogen-bond donors (Lipinski definition) is 1. The van der Waals surface area contributed by atoms with E-state index >= 15 is 0 Å². The lowest BCUT2D eigenvalue weighted by atomic mass is 10.3. The first-order chi connectivity index (χ1) is 6.46. The van der Waals surface area contributed by atoms with Crippen molar-refractivity contribution in [2.75, 3.05) is 0 Å². The fourth-order valence-corrected chi connectivity index (χ4v) is 3.22. The van der Waals surface area contributed by atoms with E-state index in [1.54, 1.807) is 23.0 Å². The second-order valence-electron chi connectivity index (χ2n) is 2.57. The van der Waals surface area contributed by atoms with E-state index in [4.69, 9.17) is 34.8 Å². The Bertz CT molecular complexity index is 294. The summed E-state index contributed by atoms with van der Waals surface area (Å²) in [5, 5.41) is 2.71. The number of alkyl halides is 3. The van der Waals surface area contributed by atoms with Crippen LogP contribution in [0.3, 0.4) is 0 Å². The van der Waals surface area contributed by atoms with Gasteiger partial charge in [0.15, 0.2) is 0 Å². The highest BCUT2D eigenvalue weighted by Crippen LogP contribution is 2.42. The summed E-state index contributed by atoms with van der Waals surface area (Å²) in [5.74, 6) is -0.667. The smallest absolute Gasteiger partial charge is 0.250 e. The minimum Gasteiger partial charge on any atom is -0.302 e. The monoisotopic (exact) mass is 272 g/mol. The van der Waals surface area contributed by atoms with E-state index in [-0.39, 0.29) is 0 Å². The van der Waals surface area contributed by atoms with Gasteiger partial charge in [-0.1, -0.05) is 47.0 Å². The van der Waals surface area contributed by atoms with Crippen molar-refractivity contribution < 1.29 is 9.59 Å². The molecule has 1 rings (SSSR count). The number of halogens is 3. The van der Waals surface area contributed by atoms with Crippen molar-refractivity contribution in [2.45, 2.75) is 9.04 Å². The molecule has 1 atom stereocenters. The predicted molar refractivity (Wildman–Crippen MR) is 62.4 cm³/mol. The van der Waals surface area contributed by atoms with Crippen molar-refractivity contribution in [2.24, 2.45) is 0 Å². The Kier molecular flexibility index (Phi) is 4.07. The van der Waals surface area contributed by atoms with Crippen LogP contribution >= 0.6 is 45.7 Å². The Morgan fingerprint density at radius 3 is 2.14 bits per heavy atom. The first-order valence-electron chi connectivity index (χ1n) is 3.65. The highest BCUT2D eigenvalue weighted by Gasteiger charge is 2.38. The van der Waals surface area contributed by atoms with Gasteiger partial charge in [-0.2, -0.15) is 10.9 Å². The van der Waals surface area contributed by atoms with E-state index in [0.717, 1.165) is 0 Å². The molecule has 1 heterocycles. The molecule has 0 saturated heterocycles. The molecule has 0 aromatic rings. The van der Waals surface area contributed by atoms with E-state index in [1.807, 2.05) is 0 Å². The Balaban J connectivity index is 2.82. The van der Waals surface area contributed by atoms with E-state index in [0.29, 0.717) is 6.29 Å². The molecule has 0 fully saturated rings. The Hall–Kier alpha value is 0.0400.